The van der Waals surface area contributed by atoms with E-state index in [-0.39, 0.29) is 0 Å². The van der Waals surface area contributed by atoms with Crippen LogP contribution in [0.3, 0.4) is 0 Å². The van der Waals surface area contributed by atoms with Gasteiger partial charge in [0.15, 0.2) is 0 Å². The number of rotatable bonds is 1. The van der Waals surface area contributed by atoms with E-state index in [1.807, 2.05) is 24.3 Å². The average molecular weight is 228 g/mol. The molecule has 0 radical (unpaired) electrons. The van der Waals surface area contributed by atoms with Crippen LogP contribution in [0.4, 0.5) is 0 Å². The maximum atomic E-state index is 11.4. The fourth-order valence-electron chi connectivity index (χ4n) is 1.41. The van der Waals surface area contributed by atoms with E-state index in [2.05, 4.69) is 0 Å². The second-order valence-electron chi connectivity index (χ2n) is 3.17. The molecule has 0 unspecified atom stereocenters. The summed E-state index contributed by atoms with van der Waals surface area (Å²) in [5.41, 5.74) is 0.956. The lowest BCUT2D eigenvalue weighted by Gasteiger charge is -1.87. The molecule has 5 heteroatoms. The largest absolute Gasteiger partial charge is 0.355 e. The van der Waals surface area contributed by atoms with Gasteiger partial charge in [0.2, 0.25) is 15.4 Å². The minimum absolute atomic E-state index is 0.402. The molecule has 0 amide bonds. The van der Waals surface area contributed by atoms with E-state index < -0.39 is 9.84 Å². The summed E-state index contributed by atoms with van der Waals surface area (Å²) >= 11 is 1.31. The summed E-state index contributed by atoms with van der Waals surface area (Å²) in [4.78, 5) is 0. The highest BCUT2D eigenvalue weighted by atomic mass is 32.2. The van der Waals surface area contributed by atoms with Crippen LogP contribution >= 0.6 is 11.3 Å². The molecule has 0 aliphatic rings. The number of nitrogens with zero attached hydrogens (tertiary/aromatic N) is 1. The summed E-state index contributed by atoms with van der Waals surface area (Å²) in [6.07, 6.45) is 1.23. The van der Waals surface area contributed by atoms with Gasteiger partial charge in [-0.15, -0.1) is 0 Å². The van der Waals surface area contributed by atoms with Crippen molar-refractivity contribution in [3.8, 4) is 0 Å². The zero-order chi connectivity index (χ0) is 10.3. The zero-order valence-corrected chi connectivity index (χ0v) is 9.52. The van der Waals surface area contributed by atoms with Crippen LogP contribution in [-0.4, -0.2) is 14.7 Å². The highest BCUT2D eigenvalue weighted by Gasteiger charge is 2.24. The number of aryl methyl sites for hydroxylation is 1. The van der Waals surface area contributed by atoms with E-state index in [4.69, 9.17) is 0 Å². The van der Waals surface area contributed by atoms with Gasteiger partial charge in [0, 0.05) is 6.07 Å². The highest BCUT2D eigenvalue weighted by Crippen LogP contribution is 2.22. The van der Waals surface area contributed by atoms with Gasteiger partial charge in [-0.2, -0.15) is 4.57 Å². The molecule has 1 aromatic heterocycles. The van der Waals surface area contributed by atoms with Crippen molar-refractivity contribution in [3.05, 3.63) is 24.3 Å². The maximum absolute atomic E-state index is 11.4. The van der Waals surface area contributed by atoms with E-state index >= 15 is 0 Å². The van der Waals surface area contributed by atoms with Gasteiger partial charge in [-0.05, 0) is 17.4 Å². The molecule has 1 heterocycles. The maximum Gasteiger partial charge on any atom is 0.355 e. The second-order valence-corrected chi connectivity index (χ2v) is 6.39. The Bertz CT molecular complexity index is 584. The molecule has 74 valence electrons. The van der Waals surface area contributed by atoms with E-state index in [1.165, 1.54) is 17.6 Å². The van der Waals surface area contributed by atoms with Crippen LogP contribution in [0.2, 0.25) is 0 Å². The normalized spacial score (nSPS) is 12.1. The van der Waals surface area contributed by atoms with Gasteiger partial charge in [0.1, 0.15) is 11.7 Å². The zero-order valence-electron chi connectivity index (χ0n) is 7.89. The minimum atomic E-state index is -3.11. The van der Waals surface area contributed by atoms with Crippen molar-refractivity contribution in [3.63, 3.8) is 0 Å². The molecular formula is C9H10NO2S2+. The third kappa shape index (κ3) is 1.42. The fraction of sp³-hybridized carbons (Fsp3) is 0.222. The summed E-state index contributed by atoms with van der Waals surface area (Å²) in [5.74, 6) is 0. The topological polar surface area (TPSA) is 38.0 Å². The number of para-hydroxylation sites is 1. The molecular weight excluding hydrogens is 218 g/mol. The average Bonchev–Trinajstić information content (AvgIpc) is 2.44. The summed E-state index contributed by atoms with van der Waals surface area (Å²) in [5, 5.41) is 0. The number of fused-ring (bicyclic) bond motifs is 1. The first kappa shape index (κ1) is 9.61. The van der Waals surface area contributed by atoms with Crippen LogP contribution < -0.4 is 4.57 Å². The Balaban J connectivity index is 2.89. The van der Waals surface area contributed by atoms with Crippen molar-refractivity contribution in [1.82, 2.24) is 0 Å². The van der Waals surface area contributed by atoms with Gasteiger partial charge >= 0.3 is 4.34 Å². The van der Waals surface area contributed by atoms with Crippen molar-refractivity contribution in [1.29, 1.82) is 0 Å². The Labute approximate surface area is 86.5 Å². The number of aromatic nitrogens is 1. The molecule has 0 aliphatic heterocycles. The number of benzene rings is 1. The monoisotopic (exact) mass is 228 g/mol. The Hall–Kier alpha value is -0.940. The fourth-order valence-corrected chi connectivity index (χ4v) is 3.76. The third-order valence-electron chi connectivity index (χ3n) is 2.01. The van der Waals surface area contributed by atoms with Gasteiger partial charge < -0.3 is 0 Å². The standard InChI is InChI=1S/C9H10NO2S2/c1-10-7-5-3-4-6-8(7)13-9(10)14(2,11)12/h3-6H,1-2H3/q+1. The predicted octanol–water partition coefficient (Wildman–Crippen LogP) is 1.13. The van der Waals surface area contributed by atoms with Crippen LogP contribution in [0.1, 0.15) is 0 Å². The Morgan fingerprint density at radius 1 is 1.29 bits per heavy atom. The third-order valence-corrected chi connectivity index (χ3v) is 5.10. The summed E-state index contributed by atoms with van der Waals surface area (Å²) in [6.45, 7) is 0. The molecule has 0 atom stereocenters. The van der Waals surface area contributed by atoms with Gasteiger partial charge in [-0.3, -0.25) is 0 Å². The van der Waals surface area contributed by atoms with Gasteiger partial charge in [-0.25, -0.2) is 8.42 Å². The predicted molar refractivity (Wildman–Crippen MR) is 56.1 cm³/mol. The first-order valence-corrected chi connectivity index (χ1v) is 6.78. The smallest absolute Gasteiger partial charge is 0.217 e. The molecule has 0 spiro atoms. The van der Waals surface area contributed by atoms with Crippen molar-refractivity contribution in [2.24, 2.45) is 7.05 Å². The Morgan fingerprint density at radius 2 is 1.93 bits per heavy atom. The molecule has 0 saturated heterocycles. The molecule has 2 rings (SSSR count). The lowest BCUT2D eigenvalue weighted by molar-refractivity contribution is -0.677. The van der Waals surface area contributed by atoms with Crippen molar-refractivity contribution >= 4 is 31.4 Å². The number of thiazole rings is 1. The summed E-state index contributed by atoms with van der Waals surface area (Å²) in [7, 11) is -1.34. The highest BCUT2D eigenvalue weighted by molar-refractivity contribution is 7.92. The second kappa shape index (κ2) is 3.03. The number of hydrogen-bond donors (Lipinski definition) is 0. The van der Waals surface area contributed by atoms with E-state index in [0.717, 1.165) is 10.2 Å². The molecule has 3 nitrogen and oxygen atoms in total. The molecule has 0 bridgehead atoms. The SMILES string of the molecule is C[n+]1c(S(C)(=O)=O)sc2ccccc21. The quantitative estimate of drug-likeness (QED) is 0.686. The van der Waals surface area contributed by atoms with Crippen LogP contribution in [-0.2, 0) is 16.9 Å². The lowest BCUT2D eigenvalue weighted by Crippen LogP contribution is -2.32. The molecule has 1 aromatic carbocycles. The van der Waals surface area contributed by atoms with Crippen LogP contribution in [0.25, 0.3) is 10.2 Å². The first-order chi connectivity index (χ1) is 6.50. The van der Waals surface area contributed by atoms with Gasteiger partial charge in [-0.1, -0.05) is 12.1 Å². The van der Waals surface area contributed by atoms with E-state index in [0.29, 0.717) is 4.34 Å². The first-order valence-electron chi connectivity index (χ1n) is 4.08. The van der Waals surface area contributed by atoms with Crippen molar-refractivity contribution < 1.29 is 13.0 Å². The summed E-state index contributed by atoms with van der Waals surface area (Å²) < 4.78 is 25.9. The van der Waals surface area contributed by atoms with Crippen LogP contribution in [0.15, 0.2) is 28.6 Å². The molecule has 0 saturated carbocycles. The Morgan fingerprint density at radius 3 is 2.50 bits per heavy atom. The molecule has 0 aliphatic carbocycles. The number of hydrogen-bond acceptors (Lipinski definition) is 3. The van der Waals surface area contributed by atoms with Crippen molar-refractivity contribution in [2.45, 2.75) is 4.34 Å². The minimum Gasteiger partial charge on any atom is -0.217 e. The molecule has 0 fully saturated rings. The lowest BCUT2D eigenvalue weighted by atomic mass is 10.3. The Kier molecular flexibility index (Phi) is 2.08. The van der Waals surface area contributed by atoms with Gasteiger partial charge in [0.05, 0.1) is 6.26 Å². The molecule has 2 aromatic rings. The number of sulfone groups is 1. The van der Waals surface area contributed by atoms with Crippen LogP contribution in [0.5, 0.6) is 0 Å². The molecule has 0 N–H and O–H groups in total. The van der Waals surface area contributed by atoms with Crippen LogP contribution in [0, 0.1) is 0 Å². The van der Waals surface area contributed by atoms with E-state index in [9.17, 15) is 8.42 Å². The molecule has 14 heavy (non-hydrogen) atoms. The summed E-state index contributed by atoms with van der Waals surface area (Å²) in [6, 6.07) is 7.65. The van der Waals surface area contributed by atoms with Gasteiger partial charge in [0.25, 0.3) is 0 Å². The van der Waals surface area contributed by atoms with E-state index in [1.54, 1.807) is 11.6 Å². The van der Waals surface area contributed by atoms with Crippen molar-refractivity contribution in [2.75, 3.05) is 6.26 Å².